The molecule has 2 N–H and O–H groups in total. The van der Waals surface area contributed by atoms with Crippen molar-refractivity contribution in [3.63, 3.8) is 0 Å². The van der Waals surface area contributed by atoms with Gasteiger partial charge in [0.25, 0.3) is 0 Å². The summed E-state index contributed by atoms with van der Waals surface area (Å²) in [7, 11) is -3.84. The van der Waals surface area contributed by atoms with Crippen LogP contribution < -0.4 is 5.73 Å². The average molecular weight is 291 g/mol. The van der Waals surface area contributed by atoms with E-state index in [1.54, 1.807) is 6.92 Å². The van der Waals surface area contributed by atoms with Crippen molar-refractivity contribution in [2.45, 2.75) is 30.5 Å². The lowest BCUT2D eigenvalue weighted by Gasteiger charge is -2.09. The molecule has 7 heteroatoms. The number of hydrogen-bond donors (Lipinski definition) is 1. The molecular formula is C12H12F3NO2S. The number of alkyl halides is 3. The largest absolute Gasteiger partial charge is 0.416 e. The van der Waals surface area contributed by atoms with Crippen LogP contribution in [0.3, 0.4) is 0 Å². The second-order valence-corrected chi connectivity index (χ2v) is 6.52. The highest BCUT2D eigenvalue weighted by molar-refractivity contribution is 7.95. The molecule has 0 amide bonds. The fraction of sp³-hybridized carbons (Fsp3) is 0.333. The molecule has 1 unspecified atom stereocenters. The molecule has 1 aliphatic heterocycles. The van der Waals surface area contributed by atoms with Gasteiger partial charge < -0.3 is 5.73 Å². The van der Waals surface area contributed by atoms with Crippen LogP contribution in [0, 0.1) is 0 Å². The van der Waals surface area contributed by atoms with Crippen LogP contribution in [0.1, 0.15) is 24.5 Å². The Balaban J connectivity index is 2.51. The normalized spacial score (nSPS) is 18.9. The first-order chi connectivity index (χ1) is 8.62. The van der Waals surface area contributed by atoms with Crippen molar-refractivity contribution in [3.05, 3.63) is 34.2 Å². The molecule has 2 rings (SSSR count). The third-order valence-corrected chi connectivity index (χ3v) is 4.72. The van der Waals surface area contributed by atoms with Gasteiger partial charge >= 0.3 is 6.18 Å². The first-order valence-electron chi connectivity index (χ1n) is 5.55. The molecule has 1 heterocycles. The van der Waals surface area contributed by atoms with E-state index in [4.69, 9.17) is 5.73 Å². The Morgan fingerprint density at radius 1 is 1.32 bits per heavy atom. The number of fused-ring (bicyclic) bond motifs is 1. The van der Waals surface area contributed by atoms with E-state index in [-0.39, 0.29) is 27.8 Å². The molecule has 1 aliphatic rings. The molecule has 0 saturated heterocycles. The fourth-order valence-electron chi connectivity index (χ4n) is 1.94. The third kappa shape index (κ3) is 2.52. The van der Waals surface area contributed by atoms with E-state index in [0.717, 1.165) is 6.07 Å². The number of hydrogen-bond acceptors (Lipinski definition) is 3. The second kappa shape index (κ2) is 4.35. The molecule has 0 aliphatic carbocycles. The summed E-state index contributed by atoms with van der Waals surface area (Å²) in [5.41, 5.74) is 4.86. The van der Waals surface area contributed by atoms with E-state index < -0.39 is 21.6 Å². The second-order valence-electron chi connectivity index (χ2n) is 4.55. The maximum atomic E-state index is 12.6. The minimum absolute atomic E-state index is 0.0665. The average Bonchev–Trinajstić information content (AvgIpc) is 2.49. The summed E-state index contributed by atoms with van der Waals surface area (Å²) in [5.74, 6) is 0. The molecule has 0 saturated carbocycles. The van der Waals surface area contributed by atoms with Gasteiger partial charge in [0.2, 0.25) is 9.84 Å². The minimum atomic E-state index is -4.56. The monoisotopic (exact) mass is 291 g/mol. The highest BCUT2D eigenvalue weighted by atomic mass is 32.2. The van der Waals surface area contributed by atoms with E-state index in [2.05, 4.69) is 0 Å². The van der Waals surface area contributed by atoms with Gasteiger partial charge in [0.05, 0.1) is 15.4 Å². The fourth-order valence-corrected chi connectivity index (χ4v) is 3.71. The standard InChI is InChI=1S/C12H12F3NO2S/c1-7(16)4-10-5-8-2-3-9(12(13,14)15)6-11(8)19(10,17)18/h2-3,5-7H,4,16H2,1H3. The summed E-state index contributed by atoms with van der Waals surface area (Å²) in [5, 5.41) is 0. The molecule has 0 spiro atoms. The maximum absolute atomic E-state index is 12.6. The van der Waals surface area contributed by atoms with Crippen molar-refractivity contribution in [2.75, 3.05) is 0 Å². The highest BCUT2D eigenvalue weighted by Crippen LogP contribution is 2.38. The maximum Gasteiger partial charge on any atom is 0.416 e. The van der Waals surface area contributed by atoms with Gasteiger partial charge in [-0.05, 0) is 37.1 Å². The molecule has 1 atom stereocenters. The Morgan fingerprint density at radius 2 is 1.95 bits per heavy atom. The number of benzene rings is 1. The summed E-state index contributed by atoms with van der Waals surface area (Å²) in [6, 6.07) is 2.34. The molecule has 19 heavy (non-hydrogen) atoms. The van der Waals surface area contributed by atoms with Crippen LogP contribution >= 0.6 is 0 Å². The molecule has 1 aromatic rings. The van der Waals surface area contributed by atoms with Gasteiger partial charge in [-0.1, -0.05) is 6.07 Å². The predicted molar refractivity (Wildman–Crippen MR) is 64.9 cm³/mol. The van der Waals surface area contributed by atoms with E-state index in [0.29, 0.717) is 6.07 Å². The van der Waals surface area contributed by atoms with Crippen molar-refractivity contribution in [1.82, 2.24) is 0 Å². The quantitative estimate of drug-likeness (QED) is 0.911. The molecule has 104 valence electrons. The summed E-state index contributed by atoms with van der Waals surface area (Å²) in [6.45, 7) is 1.64. The van der Waals surface area contributed by atoms with Crippen LogP contribution in [0.2, 0.25) is 0 Å². The zero-order chi connectivity index (χ0) is 14.4. The van der Waals surface area contributed by atoms with Gasteiger partial charge in [0.1, 0.15) is 0 Å². The number of halogens is 3. The zero-order valence-electron chi connectivity index (χ0n) is 10.0. The van der Waals surface area contributed by atoms with Crippen LogP contribution in [0.25, 0.3) is 6.08 Å². The zero-order valence-corrected chi connectivity index (χ0v) is 10.8. The SMILES string of the molecule is CC(N)CC1=Cc2ccc(C(F)(F)F)cc2S1(=O)=O. The summed E-state index contributed by atoms with van der Waals surface area (Å²) < 4.78 is 62.0. The molecule has 1 aromatic carbocycles. The Hall–Kier alpha value is -1.34. The van der Waals surface area contributed by atoms with Crippen LogP contribution in [-0.4, -0.2) is 14.5 Å². The number of sulfone groups is 1. The van der Waals surface area contributed by atoms with Gasteiger partial charge in [-0.3, -0.25) is 0 Å². The van der Waals surface area contributed by atoms with Crippen molar-refractivity contribution >= 4 is 15.9 Å². The Morgan fingerprint density at radius 3 is 2.47 bits per heavy atom. The van der Waals surface area contributed by atoms with Gasteiger partial charge in [0, 0.05) is 6.04 Å². The minimum Gasteiger partial charge on any atom is -0.328 e. The van der Waals surface area contributed by atoms with Gasteiger partial charge in [-0.2, -0.15) is 13.2 Å². The van der Waals surface area contributed by atoms with Crippen LogP contribution in [0.5, 0.6) is 0 Å². The molecule has 0 fully saturated rings. The number of nitrogens with two attached hydrogens (primary N) is 1. The summed E-state index contributed by atoms with van der Waals surface area (Å²) >= 11 is 0. The topological polar surface area (TPSA) is 60.2 Å². The van der Waals surface area contributed by atoms with Gasteiger partial charge in [0.15, 0.2) is 0 Å². The van der Waals surface area contributed by atoms with E-state index in [1.807, 2.05) is 0 Å². The van der Waals surface area contributed by atoms with Crippen LogP contribution in [0.4, 0.5) is 13.2 Å². The summed E-state index contributed by atoms with van der Waals surface area (Å²) in [4.78, 5) is -0.227. The molecule has 0 radical (unpaired) electrons. The van der Waals surface area contributed by atoms with Gasteiger partial charge in [-0.15, -0.1) is 0 Å². The molecule has 0 aromatic heterocycles. The van der Waals surface area contributed by atoms with Crippen molar-refractivity contribution in [1.29, 1.82) is 0 Å². The number of rotatable bonds is 2. The molecule has 0 bridgehead atoms. The van der Waals surface area contributed by atoms with Crippen LogP contribution in [-0.2, 0) is 16.0 Å². The van der Waals surface area contributed by atoms with E-state index in [1.165, 1.54) is 12.1 Å². The molecule has 3 nitrogen and oxygen atoms in total. The third-order valence-electron chi connectivity index (χ3n) is 2.82. The lowest BCUT2D eigenvalue weighted by Crippen LogP contribution is -2.17. The predicted octanol–water partition coefficient (Wildman–Crippen LogP) is 2.57. The first-order valence-corrected chi connectivity index (χ1v) is 7.03. The molecular weight excluding hydrogens is 279 g/mol. The highest BCUT2D eigenvalue weighted by Gasteiger charge is 2.35. The smallest absolute Gasteiger partial charge is 0.328 e. The van der Waals surface area contributed by atoms with E-state index >= 15 is 0 Å². The Bertz CT molecular complexity index is 645. The lowest BCUT2D eigenvalue weighted by atomic mass is 10.1. The Labute approximate surface area is 108 Å². The van der Waals surface area contributed by atoms with Crippen molar-refractivity contribution < 1.29 is 21.6 Å². The van der Waals surface area contributed by atoms with Crippen LogP contribution in [0.15, 0.2) is 28.0 Å². The Kier molecular flexibility index (Phi) is 3.22. The lowest BCUT2D eigenvalue weighted by molar-refractivity contribution is -0.137. The van der Waals surface area contributed by atoms with E-state index in [9.17, 15) is 21.6 Å². The van der Waals surface area contributed by atoms with Crippen molar-refractivity contribution in [2.24, 2.45) is 5.73 Å². The first kappa shape index (κ1) is 14.1. The van der Waals surface area contributed by atoms with Gasteiger partial charge in [-0.25, -0.2) is 8.42 Å². The summed E-state index contributed by atoms with van der Waals surface area (Å²) in [6.07, 6.45) is -3.07. The van der Waals surface area contributed by atoms with Crippen molar-refractivity contribution in [3.8, 4) is 0 Å².